The van der Waals surface area contributed by atoms with Crippen molar-refractivity contribution in [2.45, 2.75) is 13.1 Å². The number of hydrogen-bond donors (Lipinski definition) is 1. The molecule has 3 rings (SSSR count). The van der Waals surface area contributed by atoms with Crippen LogP contribution in [0.4, 0.5) is 4.39 Å². The van der Waals surface area contributed by atoms with Crippen molar-refractivity contribution in [3.05, 3.63) is 42.0 Å². The lowest BCUT2D eigenvalue weighted by Gasteiger charge is -2.17. The smallest absolute Gasteiger partial charge is 0.143 e. The molecule has 2 aromatic rings. The molecular weight excluding hydrogens is 276 g/mol. The summed E-state index contributed by atoms with van der Waals surface area (Å²) in [4.78, 5) is 4.31. The van der Waals surface area contributed by atoms with Crippen molar-refractivity contribution in [2.24, 2.45) is 0 Å². The standard InChI is InChI=1S/C12H12FN3.2ClH/c13-11-4-2-1-3-10(11)12-15-8-9-7-14-5-6-16(9)12;;/h1-4,8,14H,5-7H2;2*1H. The van der Waals surface area contributed by atoms with Gasteiger partial charge in [-0.05, 0) is 12.1 Å². The quantitative estimate of drug-likeness (QED) is 0.875. The van der Waals surface area contributed by atoms with Crippen LogP contribution >= 0.6 is 24.8 Å². The van der Waals surface area contributed by atoms with E-state index in [-0.39, 0.29) is 30.6 Å². The lowest BCUT2D eigenvalue weighted by molar-refractivity contribution is 0.518. The molecule has 0 atom stereocenters. The lowest BCUT2D eigenvalue weighted by atomic mass is 10.2. The Bertz CT molecular complexity index is 528. The van der Waals surface area contributed by atoms with Crippen LogP contribution < -0.4 is 5.32 Å². The molecule has 0 amide bonds. The van der Waals surface area contributed by atoms with Gasteiger partial charge in [0.25, 0.3) is 0 Å². The fourth-order valence-corrected chi connectivity index (χ4v) is 2.07. The van der Waals surface area contributed by atoms with Gasteiger partial charge in [-0.15, -0.1) is 24.8 Å². The summed E-state index contributed by atoms with van der Waals surface area (Å²) >= 11 is 0. The summed E-state index contributed by atoms with van der Waals surface area (Å²) in [5.74, 6) is 0.518. The van der Waals surface area contributed by atoms with E-state index in [1.807, 2.05) is 12.3 Å². The van der Waals surface area contributed by atoms with Crippen molar-refractivity contribution < 1.29 is 4.39 Å². The second-order valence-electron chi connectivity index (χ2n) is 3.88. The lowest BCUT2D eigenvalue weighted by Crippen LogP contribution is -2.28. The first-order valence-corrected chi connectivity index (χ1v) is 5.36. The monoisotopic (exact) mass is 289 g/mol. The van der Waals surface area contributed by atoms with Gasteiger partial charge in [0.05, 0.1) is 17.5 Å². The maximum atomic E-state index is 13.7. The fraction of sp³-hybridized carbons (Fsp3) is 0.250. The number of nitrogens with one attached hydrogen (secondary N) is 1. The first kappa shape index (κ1) is 15.0. The summed E-state index contributed by atoms with van der Waals surface area (Å²) < 4.78 is 15.7. The minimum absolute atomic E-state index is 0. The molecule has 0 saturated heterocycles. The maximum absolute atomic E-state index is 13.7. The number of fused-ring (bicyclic) bond motifs is 1. The molecule has 0 radical (unpaired) electrons. The molecule has 1 aliphatic rings. The van der Waals surface area contributed by atoms with Crippen LogP contribution in [0.15, 0.2) is 30.5 Å². The van der Waals surface area contributed by atoms with Gasteiger partial charge in [0.1, 0.15) is 11.6 Å². The van der Waals surface area contributed by atoms with Crippen LogP contribution in [0.2, 0.25) is 0 Å². The van der Waals surface area contributed by atoms with Crippen LogP contribution in [0.5, 0.6) is 0 Å². The van der Waals surface area contributed by atoms with Crippen molar-refractivity contribution in [1.82, 2.24) is 14.9 Å². The van der Waals surface area contributed by atoms with Crippen molar-refractivity contribution in [3.63, 3.8) is 0 Å². The molecule has 1 N–H and O–H groups in total. The first-order valence-electron chi connectivity index (χ1n) is 5.36. The molecule has 0 spiro atoms. The predicted octanol–water partition coefficient (Wildman–Crippen LogP) is 2.64. The summed E-state index contributed by atoms with van der Waals surface area (Å²) in [6.07, 6.45) is 1.81. The Morgan fingerprint density at radius 3 is 2.78 bits per heavy atom. The van der Waals surface area contributed by atoms with Gasteiger partial charge in [-0.3, -0.25) is 0 Å². The molecule has 0 saturated carbocycles. The molecule has 98 valence electrons. The van der Waals surface area contributed by atoms with Crippen molar-refractivity contribution >= 4 is 24.8 Å². The summed E-state index contributed by atoms with van der Waals surface area (Å²) in [6, 6.07) is 6.77. The summed E-state index contributed by atoms with van der Waals surface area (Å²) in [5.41, 5.74) is 1.69. The van der Waals surface area contributed by atoms with Crippen molar-refractivity contribution in [3.8, 4) is 11.4 Å². The van der Waals surface area contributed by atoms with Gasteiger partial charge in [-0.1, -0.05) is 12.1 Å². The van der Waals surface area contributed by atoms with Gasteiger partial charge in [0.15, 0.2) is 0 Å². The summed E-state index contributed by atoms with van der Waals surface area (Å²) in [5, 5.41) is 3.27. The molecule has 18 heavy (non-hydrogen) atoms. The molecule has 6 heteroatoms. The second-order valence-corrected chi connectivity index (χ2v) is 3.88. The third kappa shape index (κ3) is 2.51. The minimum atomic E-state index is -0.213. The molecule has 1 aromatic carbocycles. The van der Waals surface area contributed by atoms with Crippen LogP contribution in [0.1, 0.15) is 5.69 Å². The highest BCUT2D eigenvalue weighted by Crippen LogP contribution is 2.23. The number of benzene rings is 1. The summed E-state index contributed by atoms with van der Waals surface area (Å²) in [6.45, 7) is 2.56. The van der Waals surface area contributed by atoms with Gasteiger partial charge in [0, 0.05) is 19.6 Å². The fourth-order valence-electron chi connectivity index (χ4n) is 2.07. The topological polar surface area (TPSA) is 29.9 Å². The van der Waals surface area contributed by atoms with E-state index in [2.05, 4.69) is 14.9 Å². The molecule has 0 unspecified atom stereocenters. The van der Waals surface area contributed by atoms with E-state index in [0.717, 1.165) is 31.2 Å². The highest BCUT2D eigenvalue weighted by Gasteiger charge is 2.16. The Kier molecular flexibility index (Phi) is 5.14. The molecule has 2 heterocycles. The Hall–Kier alpha value is -1.10. The van der Waals surface area contributed by atoms with Crippen LogP contribution in [0, 0.1) is 5.82 Å². The number of halogens is 3. The van der Waals surface area contributed by atoms with E-state index < -0.39 is 0 Å². The number of aromatic nitrogens is 2. The average molecular weight is 290 g/mol. The van der Waals surface area contributed by atoms with E-state index in [0.29, 0.717) is 5.56 Å². The molecule has 1 aliphatic heterocycles. The SMILES string of the molecule is Cl.Cl.Fc1ccccc1-c1ncc2n1CCNC2. The average Bonchev–Trinajstić information content (AvgIpc) is 2.74. The number of imidazole rings is 1. The zero-order valence-electron chi connectivity index (χ0n) is 9.60. The largest absolute Gasteiger partial charge is 0.325 e. The van der Waals surface area contributed by atoms with E-state index in [1.54, 1.807) is 12.1 Å². The molecular formula is C12H14Cl2FN3. The molecule has 1 aromatic heterocycles. The van der Waals surface area contributed by atoms with E-state index in [4.69, 9.17) is 0 Å². The van der Waals surface area contributed by atoms with Gasteiger partial charge >= 0.3 is 0 Å². The zero-order chi connectivity index (χ0) is 11.0. The van der Waals surface area contributed by atoms with E-state index in [9.17, 15) is 4.39 Å². The van der Waals surface area contributed by atoms with E-state index in [1.165, 1.54) is 6.07 Å². The minimum Gasteiger partial charge on any atom is -0.325 e. The highest BCUT2D eigenvalue weighted by molar-refractivity contribution is 5.85. The zero-order valence-corrected chi connectivity index (χ0v) is 11.2. The van der Waals surface area contributed by atoms with Gasteiger partial charge in [0.2, 0.25) is 0 Å². The van der Waals surface area contributed by atoms with Crippen LogP contribution in [0.25, 0.3) is 11.4 Å². The predicted molar refractivity (Wildman–Crippen MR) is 73.8 cm³/mol. The van der Waals surface area contributed by atoms with Gasteiger partial charge < -0.3 is 9.88 Å². The highest BCUT2D eigenvalue weighted by atomic mass is 35.5. The summed E-state index contributed by atoms with van der Waals surface area (Å²) in [7, 11) is 0. The van der Waals surface area contributed by atoms with Crippen molar-refractivity contribution in [1.29, 1.82) is 0 Å². The third-order valence-electron chi connectivity index (χ3n) is 2.87. The van der Waals surface area contributed by atoms with Crippen LogP contribution in [0.3, 0.4) is 0 Å². The first-order chi connectivity index (χ1) is 7.86. The molecule has 3 nitrogen and oxygen atoms in total. The van der Waals surface area contributed by atoms with Gasteiger partial charge in [-0.2, -0.15) is 0 Å². The molecule has 0 aliphatic carbocycles. The normalized spacial score (nSPS) is 13.2. The van der Waals surface area contributed by atoms with Crippen molar-refractivity contribution in [2.75, 3.05) is 6.54 Å². The molecule has 0 bridgehead atoms. The Labute approximate surface area is 117 Å². The van der Waals surface area contributed by atoms with E-state index >= 15 is 0 Å². The van der Waals surface area contributed by atoms with Crippen LogP contribution in [-0.2, 0) is 13.1 Å². The number of nitrogens with zero attached hydrogens (tertiary/aromatic N) is 2. The Morgan fingerprint density at radius 2 is 2.00 bits per heavy atom. The number of hydrogen-bond acceptors (Lipinski definition) is 2. The Balaban J connectivity index is 0.000000810. The van der Waals surface area contributed by atoms with Gasteiger partial charge in [-0.25, -0.2) is 9.37 Å². The van der Waals surface area contributed by atoms with Crippen LogP contribution in [-0.4, -0.2) is 16.1 Å². The molecule has 0 fully saturated rings. The second kappa shape index (κ2) is 6.18. The third-order valence-corrected chi connectivity index (χ3v) is 2.87. The Morgan fingerprint density at radius 1 is 1.22 bits per heavy atom. The number of rotatable bonds is 1. The maximum Gasteiger partial charge on any atom is 0.143 e.